The van der Waals surface area contributed by atoms with Crippen molar-refractivity contribution in [2.24, 2.45) is 0 Å². The summed E-state index contributed by atoms with van der Waals surface area (Å²) in [5.41, 5.74) is 0.755. The minimum atomic E-state index is -4.44. The lowest BCUT2D eigenvalue weighted by Gasteiger charge is -2.23. The molecule has 0 bridgehead atoms. The van der Waals surface area contributed by atoms with E-state index in [4.69, 9.17) is 0 Å². The molecule has 1 aliphatic rings. The van der Waals surface area contributed by atoms with Crippen LogP contribution in [0.4, 0.5) is 13.2 Å². The lowest BCUT2D eigenvalue weighted by atomic mass is 10.2. The van der Waals surface area contributed by atoms with Crippen LogP contribution in [0.15, 0.2) is 30.3 Å². The number of rotatable bonds is 5. The molecule has 0 radical (unpaired) electrons. The Labute approximate surface area is 137 Å². The quantitative estimate of drug-likeness (QED) is 0.770. The Morgan fingerprint density at radius 1 is 1.25 bits per heavy atom. The number of imide groups is 1. The molecule has 1 aliphatic heterocycles. The van der Waals surface area contributed by atoms with Crippen molar-refractivity contribution < 1.29 is 27.6 Å². The number of halogens is 3. The largest absolute Gasteiger partial charge is 0.389 e. The summed E-state index contributed by atoms with van der Waals surface area (Å²) in [4.78, 5) is 38.2. The Morgan fingerprint density at radius 3 is 2.46 bits per heavy atom. The van der Waals surface area contributed by atoms with Gasteiger partial charge in [-0.2, -0.15) is 13.2 Å². The summed E-state index contributed by atoms with van der Waals surface area (Å²) >= 11 is 0. The van der Waals surface area contributed by atoms with Crippen molar-refractivity contribution in [3.8, 4) is 0 Å². The van der Waals surface area contributed by atoms with Gasteiger partial charge in [-0.1, -0.05) is 30.3 Å². The number of nitrogens with zero attached hydrogens (tertiary/aromatic N) is 2. The monoisotopic (exact) mass is 342 g/mol. The fraction of sp³-hybridized carbons (Fsp3) is 0.438. The molecule has 130 valence electrons. The fourth-order valence-electron chi connectivity index (χ4n) is 2.50. The van der Waals surface area contributed by atoms with E-state index in [1.807, 2.05) is 0 Å². The zero-order valence-corrected chi connectivity index (χ0v) is 13.0. The zero-order chi connectivity index (χ0) is 17.9. The average Bonchev–Trinajstić information content (AvgIpc) is 2.80. The van der Waals surface area contributed by atoms with Crippen molar-refractivity contribution in [2.45, 2.75) is 38.0 Å². The second-order valence-corrected chi connectivity index (χ2v) is 5.64. The normalized spacial score (nSPS) is 18.2. The molecule has 0 saturated carbocycles. The van der Waals surface area contributed by atoms with Crippen LogP contribution in [0.3, 0.4) is 0 Å². The molecule has 0 aliphatic carbocycles. The van der Waals surface area contributed by atoms with Gasteiger partial charge < -0.3 is 4.90 Å². The van der Waals surface area contributed by atoms with Crippen LogP contribution in [0, 0.1) is 0 Å². The van der Waals surface area contributed by atoms with E-state index in [-0.39, 0.29) is 13.0 Å². The predicted molar refractivity (Wildman–Crippen MR) is 78.5 cm³/mol. The van der Waals surface area contributed by atoms with E-state index < -0.39 is 42.8 Å². The van der Waals surface area contributed by atoms with E-state index in [1.54, 1.807) is 30.3 Å². The highest BCUT2D eigenvalue weighted by Gasteiger charge is 2.42. The highest BCUT2D eigenvalue weighted by molar-refractivity contribution is 6.06. The van der Waals surface area contributed by atoms with Gasteiger partial charge in [-0.05, 0) is 5.56 Å². The summed E-state index contributed by atoms with van der Waals surface area (Å²) in [6.45, 7) is 0.0829. The van der Waals surface area contributed by atoms with Gasteiger partial charge in [-0.25, -0.2) is 0 Å². The number of likely N-dealkylation sites (tertiary alicyclic amines) is 1. The maximum atomic E-state index is 12.4. The van der Waals surface area contributed by atoms with Crippen LogP contribution in [-0.4, -0.2) is 46.8 Å². The summed E-state index contributed by atoms with van der Waals surface area (Å²) in [5, 5.41) is 0. The molecule has 24 heavy (non-hydrogen) atoms. The molecule has 5 nitrogen and oxygen atoms in total. The van der Waals surface area contributed by atoms with E-state index >= 15 is 0 Å². The highest BCUT2D eigenvalue weighted by Crippen LogP contribution is 2.24. The Hall–Kier alpha value is -2.38. The first kappa shape index (κ1) is 18.0. The number of amides is 3. The van der Waals surface area contributed by atoms with Crippen molar-refractivity contribution >= 4 is 17.7 Å². The number of hydrogen-bond acceptors (Lipinski definition) is 3. The first-order chi connectivity index (χ1) is 11.2. The summed E-state index contributed by atoms with van der Waals surface area (Å²) in [7, 11) is 1.25. The predicted octanol–water partition coefficient (Wildman–Crippen LogP) is 2.12. The number of carbonyl (C=O) groups is 3. The van der Waals surface area contributed by atoms with Crippen molar-refractivity contribution in [2.75, 3.05) is 7.05 Å². The topological polar surface area (TPSA) is 57.7 Å². The van der Waals surface area contributed by atoms with Gasteiger partial charge in [0.2, 0.25) is 11.8 Å². The third-order valence-corrected chi connectivity index (χ3v) is 3.89. The van der Waals surface area contributed by atoms with Crippen molar-refractivity contribution in [1.29, 1.82) is 0 Å². The Kier molecular flexibility index (Phi) is 5.26. The van der Waals surface area contributed by atoms with Crippen molar-refractivity contribution in [3.63, 3.8) is 0 Å². The molecule has 1 atom stereocenters. The van der Waals surface area contributed by atoms with Crippen LogP contribution in [-0.2, 0) is 20.9 Å². The summed E-state index contributed by atoms with van der Waals surface area (Å²) in [6, 6.07) is 7.81. The fourth-order valence-corrected chi connectivity index (χ4v) is 2.50. The molecular formula is C16H17F3N2O3. The van der Waals surface area contributed by atoms with Crippen molar-refractivity contribution in [3.05, 3.63) is 35.9 Å². The van der Waals surface area contributed by atoms with Gasteiger partial charge in [-0.3, -0.25) is 19.3 Å². The number of benzene rings is 1. The standard InChI is InChI=1S/C16H17F3N2O3/c1-20(13(22)7-8-16(17,18)19)12-9-14(23)21(15(12)24)10-11-5-3-2-4-6-11/h2-6,12H,7-10H2,1H3. The van der Waals surface area contributed by atoms with E-state index in [9.17, 15) is 27.6 Å². The molecule has 2 rings (SSSR count). The first-order valence-electron chi connectivity index (χ1n) is 7.39. The van der Waals surface area contributed by atoms with Gasteiger partial charge in [-0.15, -0.1) is 0 Å². The van der Waals surface area contributed by atoms with Crippen LogP contribution < -0.4 is 0 Å². The molecule has 8 heteroatoms. The summed E-state index contributed by atoms with van der Waals surface area (Å²) in [6.07, 6.45) is -6.64. The molecule has 1 saturated heterocycles. The second-order valence-electron chi connectivity index (χ2n) is 5.64. The zero-order valence-electron chi connectivity index (χ0n) is 13.0. The first-order valence-corrected chi connectivity index (χ1v) is 7.39. The lowest BCUT2D eigenvalue weighted by molar-refractivity contribution is -0.151. The minimum Gasteiger partial charge on any atom is -0.333 e. The van der Waals surface area contributed by atoms with E-state index in [0.717, 1.165) is 15.4 Å². The maximum Gasteiger partial charge on any atom is 0.389 e. The van der Waals surface area contributed by atoms with E-state index in [2.05, 4.69) is 0 Å². The third kappa shape index (κ3) is 4.33. The number of likely N-dealkylation sites (N-methyl/N-ethyl adjacent to an activating group) is 1. The number of carbonyl (C=O) groups excluding carboxylic acids is 3. The van der Waals surface area contributed by atoms with Crippen LogP contribution in [0.1, 0.15) is 24.8 Å². The van der Waals surface area contributed by atoms with Crippen LogP contribution >= 0.6 is 0 Å². The summed E-state index contributed by atoms with van der Waals surface area (Å²) < 4.78 is 36.6. The van der Waals surface area contributed by atoms with E-state index in [1.165, 1.54) is 7.05 Å². The molecule has 0 aromatic heterocycles. The molecule has 1 unspecified atom stereocenters. The third-order valence-electron chi connectivity index (χ3n) is 3.89. The molecule has 1 aromatic rings. The Bertz CT molecular complexity index is 631. The summed E-state index contributed by atoms with van der Waals surface area (Å²) in [5.74, 6) is -1.81. The van der Waals surface area contributed by atoms with Crippen LogP contribution in [0.25, 0.3) is 0 Å². The number of hydrogen-bond donors (Lipinski definition) is 0. The van der Waals surface area contributed by atoms with Crippen molar-refractivity contribution in [1.82, 2.24) is 9.80 Å². The molecular weight excluding hydrogens is 325 g/mol. The van der Waals surface area contributed by atoms with Gasteiger partial charge in [0.05, 0.1) is 19.4 Å². The SMILES string of the molecule is CN(C(=O)CCC(F)(F)F)C1CC(=O)N(Cc2ccccc2)C1=O. The number of alkyl halides is 3. The van der Waals surface area contributed by atoms with Gasteiger partial charge in [0.25, 0.3) is 5.91 Å². The molecule has 3 amide bonds. The molecule has 0 spiro atoms. The Balaban J connectivity index is 2.01. The van der Waals surface area contributed by atoms with Gasteiger partial charge in [0.1, 0.15) is 6.04 Å². The molecule has 1 fully saturated rings. The molecule has 0 N–H and O–H groups in total. The molecule has 1 heterocycles. The van der Waals surface area contributed by atoms with Gasteiger partial charge >= 0.3 is 6.18 Å². The maximum absolute atomic E-state index is 12.4. The average molecular weight is 342 g/mol. The highest BCUT2D eigenvalue weighted by atomic mass is 19.4. The minimum absolute atomic E-state index is 0.0829. The van der Waals surface area contributed by atoms with Gasteiger partial charge in [0.15, 0.2) is 0 Å². The van der Waals surface area contributed by atoms with Crippen LogP contribution in [0.5, 0.6) is 0 Å². The van der Waals surface area contributed by atoms with Gasteiger partial charge in [0, 0.05) is 13.5 Å². The van der Waals surface area contributed by atoms with Crippen LogP contribution in [0.2, 0.25) is 0 Å². The Morgan fingerprint density at radius 2 is 1.88 bits per heavy atom. The second kappa shape index (κ2) is 7.02. The molecule has 1 aromatic carbocycles. The lowest BCUT2D eigenvalue weighted by Crippen LogP contribution is -2.43. The smallest absolute Gasteiger partial charge is 0.333 e. The van der Waals surface area contributed by atoms with E-state index in [0.29, 0.717) is 0 Å².